The third-order valence-electron chi connectivity index (χ3n) is 3.06. The summed E-state index contributed by atoms with van der Waals surface area (Å²) in [4.78, 5) is 12.1. The van der Waals surface area contributed by atoms with Gasteiger partial charge in [0.05, 0.1) is 10.6 Å². The van der Waals surface area contributed by atoms with E-state index in [-0.39, 0.29) is 10.6 Å². The van der Waals surface area contributed by atoms with E-state index < -0.39 is 11.7 Å². The topological polar surface area (TPSA) is 54.9 Å². The van der Waals surface area contributed by atoms with Gasteiger partial charge in [0, 0.05) is 6.42 Å². The van der Waals surface area contributed by atoms with Crippen LogP contribution >= 0.6 is 22.9 Å². The number of nitrogens with one attached hydrogen (secondary N) is 1. The standard InChI is InChI=1S/C16H11ClFN3OS/c17-13-9-11(18)6-7-12(13)15(22)19-16-21-20-14(23-16)8-10-4-2-1-3-5-10/h1-7,9H,8H2,(H,19,21,22). The third-order valence-corrected chi connectivity index (χ3v) is 4.21. The third kappa shape index (κ3) is 3.91. The summed E-state index contributed by atoms with van der Waals surface area (Å²) < 4.78 is 13.0. The smallest absolute Gasteiger partial charge is 0.259 e. The maximum Gasteiger partial charge on any atom is 0.259 e. The first kappa shape index (κ1) is 15.6. The van der Waals surface area contributed by atoms with E-state index in [2.05, 4.69) is 15.5 Å². The van der Waals surface area contributed by atoms with Gasteiger partial charge in [0.1, 0.15) is 10.8 Å². The lowest BCUT2D eigenvalue weighted by Gasteiger charge is -2.03. The van der Waals surface area contributed by atoms with E-state index in [4.69, 9.17) is 11.6 Å². The van der Waals surface area contributed by atoms with Crippen LogP contribution in [0.4, 0.5) is 9.52 Å². The van der Waals surface area contributed by atoms with Gasteiger partial charge in [-0.15, -0.1) is 10.2 Å². The normalized spacial score (nSPS) is 10.5. The van der Waals surface area contributed by atoms with Crippen molar-refractivity contribution in [3.8, 4) is 0 Å². The number of nitrogens with zero attached hydrogens (tertiary/aromatic N) is 2. The molecule has 3 rings (SSSR count). The molecule has 0 radical (unpaired) electrons. The first-order valence-corrected chi connectivity index (χ1v) is 7.94. The Morgan fingerprint density at radius 1 is 1.17 bits per heavy atom. The van der Waals surface area contributed by atoms with E-state index in [1.807, 2.05) is 30.3 Å². The SMILES string of the molecule is O=C(Nc1nnc(Cc2ccccc2)s1)c1ccc(F)cc1Cl. The van der Waals surface area contributed by atoms with Crippen molar-refractivity contribution in [1.29, 1.82) is 0 Å². The van der Waals surface area contributed by atoms with Crippen molar-refractivity contribution < 1.29 is 9.18 Å². The highest BCUT2D eigenvalue weighted by molar-refractivity contribution is 7.15. The van der Waals surface area contributed by atoms with Crippen molar-refractivity contribution in [2.24, 2.45) is 0 Å². The van der Waals surface area contributed by atoms with E-state index in [1.54, 1.807) is 0 Å². The summed E-state index contributed by atoms with van der Waals surface area (Å²) in [6.45, 7) is 0. The molecule has 2 aromatic carbocycles. The molecule has 3 aromatic rings. The zero-order valence-electron chi connectivity index (χ0n) is 11.8. The van der Waals surface area contributed by atoms with Gasteiger partial charge < -0.3 is 0 Å². The van der Waals surface area contributed by atoms with Crippen LogP contribution in [0.25, 0.3) is 0 Å². The molecule has 1 aromatic heterocycles. The van der Waals surface area contributed by atoms with Gasteiger partial charge in [-0.25, -0.2) is 4.39 Å². The maximum atomic E-state index is 13.0. The Bertz CT molecular complexity index is 838. The fourth-order valence-electron chi connectivity index (χ4n) is 1.98. The van der Waals surface area contributed by atoms with Crippen LogP contribution in [0.3, 0.4) is 0 Å². The molecular formula is C16H11ClFN3OS. The van der Waals surface area contributed by atoms with Crippen molar-refractivity contribution in [1.82, 2.24) is 10.2 Å². The van der Waals surface area contributed by atoms with Crippen molar-refractivity contribution in [2.75, 3.05) is 5.32 Å². The second-order valence-corrected chi connectivity index (χ2v) is 6.21. The molecule has 0 saturated carbocycles. The number of anilines is 1. The summed E-state index contributed by atoms with van der Waals surface area (Å²) in [5.41, 5.74) is 1.30. The Morgan fingerprint density at radius 3 is 2.70 bits per heavy atom. The van der Waals surface area contributed by atoms with Crippen molar-refractivity contribution in [3.63, 3.8) is 0 Å². The Balaban J connectivity index is 1.70. The van der Waals surface area contributed by atoms with E-state index in [0.717, 1.165) is 16.6 Å². The number of amides is 1. The fourth-order valence-corrected chi connectivity index (χ4v) is 3.01. The summed E-state index contributed by atoms with van der Waals surface area (Å²) in [6, 6.07) is 13.5. The second kappa shape index (κ2) is 6.85. The molecule has 0 aliphatic rings. The van der Waals surface area contributed by atoms with E-state index in [9.17, 15) is 9.18 Å². The van der Waals surface area contributed by atoms with Crippen LogP contribution in [0.1, 0.15) is 20.9 Å². The molecule has 116 valence electrons. The van der Waals surface area contributed by atoms with E-state index >= 15 is 0 Å². The van der Waals surface area contributed by atoms with Crippen LogP contribution < -0.4 is 5.32 Å². The molecule has 0 unspecified atom stereocenters. The molecule has 0 aliphatic heterocycles. The van der Waals surface area contributed by atoms with Crippen LogP contribution in [-0.4, -0.2) is 16.1 Å². The molecule has 1 N–H and O–H groups in total. The Morgan fingerprint density at radius 2 is 1.96 bits per heavy atom. The fraction of sp³-hybridized carbons (Fsp3) is 0.0625. The number of carbonyl (C=O) groups is 1. The van der Waals surface area contributed by atoms with Gasteiger partial charge >= 0.3 is 0 Å². The minimum Gasteiger partial charge on any atom is -0.296 e. The molecule has 23 heavy (non-hydrogen) atoms. The number of rotatable bonds is 4. The molecule has 1 heterocycles. The van der Waals surface area contributed by atoms with E-state index in [0.29, 0.717) is 11.6 Å². The zero-order chi connectivity index (χ0) is 16.2. The van der Waals surface area contributed by atoms with E-state index in [1.165, 1.54) is 23.5 Å². The molecule has 4 nitrogen and oxygen atoms in total. The summed E-state index contributed by atoms with van der Waals surface area (Å²) in [5, 5.41) is 11.8. The van der Waals surface area contributed by atoms with Crippen molar-refractivity contribution in [2.45, 2.75) is 6.42 Å². The number of aromatic nitrogens is 2. The molecule has 0 aliphatic carbocycles. The Kier molecular flexibility index (Phi) is 4.64. The Labute approximate surface area is 141 Å². The largest absolute Gasteiger partial charge is 0.296 e. The number of carbonyl (C=O) groups excluding carboxylic acids is 1. The average molecular weight is 348 g/mol. The molecule has 7 heteroatoms. The summed E-state index contributed by atoms with van der Waals surface area (Å²) >= 11 is 7.16. The van der Waals surface area contributed by atoms with Crippen LogP contribution in [0, 0.1) is 5.82 Å². The van der Waals surface area contributed by atoms with Gasteiger partial charge in [-0.2, -0.15) is 0 Å². The quantitative estimate of drug-likeness (QED) is 0.770. The van der Waals surface area contributed by atoms with Crippen molar-refractivity contribution >= 4 is 34.0 Å². The summed E-state index contributed by atoms with van der Waals surface area (Å²) in [5.74, 6) is -0.940. The monoisotopic (exact) mass is 347 g/mol. The number of hydrogen-bond donors (Lipinski definition) is 1. The molecule has 0 bridgehead atoms. The molecule has 0 spiro atoms. The summed E-state index contributed by atoms with van der Waals surface area (Å²) in [6.07, 6.45) is 0.645. The molecule has 0 atom stereocenters. The van der Waals surface area contributed by atoms with Gasteiger partial charge in [0.2, 0.25) is 5.13 Å². The predicted octanol–water partition coefficient (Wildman–Crippen LogP) is 4.17. The van der Waals surface area contributed by atoms with Crippen LogP contribution in [0.15, 0.2) is 48.5 Å². The number of hydrogen-bond acceptors (Lipinski definition) is 4. The first-order chi connectivity index (χ1) is 11.1. The molecule has 1 amide bonds. The molecule has 0 fully saturated rings. The van der Waals surface area contributed by atoms with Crippen LogP contribution in [0.5, 0.6) is 0 Å². The van der Waals surface area contributed by atoms with Crippen LogP contribution in [0.2, 0.25) is 5.02 Å². The highest BCUT2D eigenvalue weighted by Gasteiger charge is 2.14. The molecule has 0 saturated heterocycles. The summed E-state index contributed by atoms with van der Waals surface area (Å²) in [7, 11) is 0. The number of halogens is 2. The van der Waals surface area contributed by atoms with Gasteiger partial charge in [0.25, 0.3) is 5.91 Å². The van der Waals surface area contributed by atoms with Crippen molar-refractivity contribution in [3.05, 3.63) is 75.5 Å². The van der Waals surface area contributed by atoms with Gasteiger partial charge in [-0.05, 0) is 23.8 Å². The highest BCUT2D eigenvalue weighted by atomic mass is 35.5. The number of benzene rings is 2. The first-order valence-electron chi connectivity index (χ1n) is 6.74. The lowest BCUT2D eigenvalue weighted by Crippen LogP contribution is -2.12. The van der Waals surface area contributed by atoms with Gasteiger partial charge in [-0.1, -0.05) is 53.3 Å². The predicted molar refractivity (Wildman–Crippen MR) is 88.5 cm³/mol. The minimum atomic E-state index is -0.493. The zero-order valence-corrected chi connectivity index (χ0v) is 13.4. The Hall–Kier alpha value is -2.31. The molecular weight excluding hydrogens is 337 g/mol. The average Bonchev–Trinajstić information content (AvgIpc) is 2.95. The highest BCUT2D eigenvalue weighted by Crippen LogP contribution is 2.22. The van der Waals surface area contributed by atoms with Gasteiger partial charge in [0.15, 0.2) is 0 Å². The van der Waals surface area contributed by atoms with Crippen LogP contribution in [-0.2, 0) is 6.42 Å². The second-order valence-electron chi connectivity index (χ2n) is 4.74. The lowest BCUT2D eigenvalue weighted by molar-refractivity contribution is 0.102. The van der Waals surface area contributed by atoms with Gasteiger partial charge in [-0.3, -0.25) is 10.1 Å². The maximum absolute atomic E-state index is 13.0. The lowest BCUT2D eigenvalue weighted by atomic mass is 10.2. The minimum absolute atomic E-state index is 0.0523.